The van der Waals surface area contributed by atoms with E-state index in [9.17, 15) is 4.79 Å². The summed E-state index contributed by atoms with van der Waals surface area (Å²) in [6, 6.07) is 4.00. The molecule has 106 valence electrons. The molecular weight excluding hydrogens is 274 g/mol. The maximum absolute atomic E-state index is 12.3. The molecule has 3 heterocycles. The molecule has 1 aromatic heterocycles. The minimum absolute atomic E-state index is 0.0622. The number of aromatic nitrogens is 1. The molecule has 1 saturated carbocycles. The van der Waals surface area contributed by atoms with Gasteiger partial charge in [-0.15, -0.1) is 0 Å². The van der Waals surface area contributed by atoms with Crippen LogP contribution in [0.2, 0.25) is 5.15 Å². The molecule has 1 amide bonds. The lowest BCUT2D eigenvalue weighted by Crippen LogP contribution is -2.59. The van der Waals surface area contributed by atoms with Crippen LogP contribution in [0.4, 0.5) is 11.5 Å². The van der Waals surface area contributed by atoms with Gasteiger partial charge in [0, 0.05) is 6.04 Å². The predicted molar refractivity (Wildman–Crippen MR) is 79.1 cm³/mol. The van der Waals surface area contributed by atoms with Crippen LogP contribution in [0, 0.1) is 5.92 Å². The van der Waals surface area contributed by atoms with E-state index in [0.29, 0.717) is 17.1 Å². The monoisotopic (exact) mass is 291 g/mol. The van der Waals surface area contributed by atoms with Gasteiger partial charge in [-0.1, -0.05) is 24.4 Å². The van der Waals surface area contributed by atoms with Crippen LogP contribution in [0.1, 0.15) is 38.5 Å². The van der Waals surface area contributed by atoms with E-state index in [4.69, 9.17) is 11.6 Å². The van der Waals surface area contributed by atoms with E-state index in [1.165, 1.54) is 25.7 Å². The molecule has 4 nitrogen and oxygen atoms in total. The summed E-state index contributed by atoms with van der Waals surface area (Å²) in [5, 5.41) is 3.48. The molecule has 1 N–H and O–H groups in total. The molecule has 0 aromatic carbocycles. The average molecular weight is 292 g/mol. The molecule has 0 radical (unpaired) electrons. The number of amides is 1. The Bertz CT molecular complexity index is 562. The van der Waals surface area contributed by atoms with Gasteiger partial charge < -0.3 is 10.2 Å². The van der Waals surface area contributed by atoms with Crippen molar-refractivity contribution in [1.82, 2.24) is 4.98 Å². The summed E-state index contributed by atoms with van der Waals surface area (Å²) in [6.45, 7) is 0. The van der Waals surface area contributed by atoms with Crippen LogP contribution in [-0.4, -0.2) is 23.0 Å². The summed E-state index contributed by atoms with van der Waals surface area (Å²) in [4.78, 5) is 19.1. The van der Waals surface area contributed by atoms with E-state index in [0.717, 1.165) is 24.3 Å². The molecule has 2 fully saturated rings. The zero-order valence-electron chi connectivity index (χ0n) is 11.3. The van der Waals surface area contributed by atoms with Gasteiger partial charge in [-0.25, -0.2) is 4.98 Å². The third kappa shape index (κ3) is 1.81. The Morgan fingerprint density at radius 3 is 2.95 bits per heavy atom. The van der Waals surface area contributed by atoms with Crippen molar-refractivity contribution in [1.29, 1.82) is 0 Å². The zero-order valence-corrected chi connectivity index (χ0v) is 12.1. The van der Waals surface area contributed by atoms with Gasteiger partial charge in [0.05, 0.1) is 5.69 Å². The van der Waals surface area contributed by atoms with Crippen molar-refractivity contribution in [2.45, 2.75) is 50.6 Å². The van der Waals surface area contributed by atoms with Gasteiger partial charge in [-0.05, 0) is 43.7 Å². The lowest BCUT2D eigenvalue weighted by atomic mass is 9.75. The maximum Gasteiger partial charge on any atom is 0.247 e. The first-order valence-corrected chi connectivity index (χ1v) is 7.87. The fraction of sp³-hybridized carbons (Fsp3) is 0.600. The lowest BCUT2D eigenvalue weighted by Gasteiger charge is -2.50. The molecule has 2 aliphatic heterocycles. The van der Waals surface area contributed by atoms with Gasteiger partial charge in [0.2, 0.25) is 5.91 Å². The molecule has 3 atom stereocenters. The van der Waals surface area contributed by atoms with Crippen molar-refractivity contribution in [3.8, 4) is 0 Å². The number of pyridine rings is 1. The second-order valence-electron chi connectivity index (χ2n) is 6.11. The maximum atomic E-state index is 12.3. The van der Waals surface area contributed by atoms with E-state index < -0.39 is 0 Å². The molecule has 3 aliphatic rings. The molecule has 0 spiro atoms. The number of nitrogens with zero attached hydrogens (tertiary/aromatic N) is 2. The summed E-state index contributed by atoms with van der Waals surface area (Å²) >= 11 is 6.07. The Morgan fingerprint density at radius 2 is 2.05 bits per heavy atom. The first-order valence-electron chi connectivity index (χ1n) is 7.50. The van der Waals surface area contributed by atoms with Crippen LogP contribution < -0.4 is 10.2 Å². The second kappa shape index (κ2) is 4.62. The van der Waals surface area contributed by atoms with Crippen molar-refractivity contribution in [3.63, 3.8) is 0 Å². The highest BCUT2D eigenvalue weighted by atomic mass is 35.5. The number of nitrogens with one attached hydrogen (secondary N) is 1. The Balaban J connectivity index is 1.80. The molecule has 4 rings (SSSR count). The quantitative estimate of drug-likeness (QED) is 0.747. The normalized spacial score (nSPS) is 31.9. The van der Waals surface area contributed by atoms with E-state index in [-0.39, 0.29) is 11.9 Å². The smallest absolute Gasteiger partial charge is 0.247 e. The molecular formula is C15H18ClN3O. The van der Waals surface area contributed by atoms with E-state index in [1.807, 2.05) is 6.07 Å². The Hall–Kier alpha value is -1.29. The summed E-state index contributed by atoms with van der Waals surface area (Å²) in [5.41, 5.74) is 0.807. The fourth-order valence-corrected chi connectivity index (χ4v) is 4.27. The number of fused-ring (bicyclic) bond motifs is 5. The molecule has 3 unspecified atom stereocenters. The second-order valence-corrected chi connectivity index (χ2v) is 6.49. The largest absolute Gasteiger partial charge is 0.340 e. The Morgan fingerprint density at radius 1 is 1.20 bits per heavy atom. The molecule has 5 heteroatoms. The first kappa shape index (κ1) is 12.5. The number of piperidine rings is 1. The van der Waals surface area contributed by atoms with Gasteiger partial charge in [0.1, 0.15) is 11.2 Å². The number of hydrogen-bond donors (Lipinski definition) is 1. The SMILES string of the molecule is O=C1Nc2ccc(Cl)nc2N2C1CCC1CCCCC12. The van der Waals surface area contributed by atoms with Crippen LogP contribution in [0.3, 0.4) is 0 Å². The number of carbonyl (C=O) groups is 1. The topological polar surface area (TPSA) is 45.2 Å². The minimum atomic E-state index is -0.0622. The van der Waals surface area contributed by atoms with Crippen molar-refractivity contribution >= 4 is 29.0 Å². The Labute approximate surface area is 123 Å². The fourth-order valence-electron chi connectivity index (χ4n) is 4.13. The summed E-state index contributed by atoms with van der Waals surface area (Å²) < 4.78 is 0. The molecule has 0 bridgehead atoms. The first-order chi connectivity index (χ1) is 9.74. The third-order valence-electron chi connectivity index (χ3n) is 5.02. The third-order valence-corrected chi connectivity index (χ3v) is 5.23. The van der Waals surface area contributed by atoms with Gasteiger partial charge in [0.15, 0.2) is 5.82 Å². The number of hydrogen-bond acceptors (Lipinski definition) is 3. The van der Waals surface area contributed by atoms with Gasteiger partial charge in [-0.3, -0.25) is 4.79 Å². The van der Waals surface area contributed by atoms with Gasteiger partial charge >= 0.3 is 0 Å². The van der Waals surface area contributed by atoms with E-state index in [1.54, 1.807) is 6.07 Å². The summed E-state index contributed by atoms with van der Waals surface area (Å²) in [7, 11) is 0. The van der Waals surface area contributed by atoms with Gasteiger partial charge in [0.25, 0.3) is 0 Å². The molecule has 1 aliphatic carbocycles. The van der Waals surface area contributed by atoms with Crippen LogP contribution in [0.25, 0.3) is 0 Å². The molecule has 1 saturated heterocycles. The highest BCUT2D eigenvalue weighted by molar-refractivity contribution is 6.29. The standard InChI is InChI=1S/C15H18ClN3O/c16-13-8-6-10-14(18-13)19-11-4-2-1-3-9(11)5-7-12(19)15(20)17-10/h6,8-9,11-12H,1-5,7H2,(H,17,20). The number of carbonyl (C=O) groups excluding carboxylic acids is 1. The predicted octanol–water partition coefficient (Wildman–Crippen LogP) is 3.21. The van der Waals surface area contributed by atoms with Crippen LogP contribution in [0.15, 0.2) is 12.1 Å². The number of anilines is 2. The van der Waals surface area contributed by atoms with Gasteiger partial charge in [-0.2, -0.15) is 0 Å². The van der Waals surface area contributed by atoms with E-state index >= 15 is 0 Å². The minimum Gasteiger partial charge on any atom is -0.340 e. The molecule has 20 heavy (non-hydrogen) atoms. The lowest BCUT2D eigenvalue weighted by molar-refractivity contribution is -0.118. The summed E-state index contributed by atoms with van der Waals surface area (Å²) in [5.74, 6) is 1.70. The summed E-state index contributed by atoms with van der Waals surface area (Å²) in [6.07, 6.45) is 7.12. The zero-order chi connectivity index (χ0) is 13.7. The number of rotatable bonds is 0. The highest BCUT2D eigenvalue weighted by Gasteiger charge is 2.45. The average Bonchev–Trinajstić information content (AvgIpc) is 2.47. The Kier molecular flexibility index (Phi) is 2.88. The van der Waals surface area contributed by atoms with Crippen molar-refractivity contribution in [2.75, 3.05) is 10.2 Å². The van der Waals surface area contributed by atoms with Crippen LogP contribution in [0.5, 0.6) is 0 Å². The molecule has 1 aromatic rings. The van der Waals surface area contributed by atoms with E-state index in [2.05, 4.69) is 15.2 Å². The van der Waals surface area contributed by atoms with Crippen LogP contribution in [-0.2, 0) is 4.79 Å². The van der Waals surface area contributed by atoms with Crippen LogP contribution >= 0.6 is 11.6 Å². The highest BCUT2D eigenvalue weighted by Crippen LogP contribution is 2.44. The van der Waals surface area contributed by atoms with Crippen molar-refractivity contribution in [2.24, 2.45) is 5.92 Å². The number of halogens is 1. The van der Waals surface area contributed by atoms with Crippen molar-refractivity contribution < 1.29 is 4.79 Å². The van der Waals surface area contributed by atoms with Crippen molar-refractivity contribution in [3.05, 3.63) is 17.3 Å².